The summed E-state index contributed by atoms with van der Waals surface area (Å²) in [5.74, 6) is 0.898. The van der Waals surface area contributed by atoms with E-state index in [2.05, 4.69) is 5.32 Å². The Morgan fingerprint density at radius 1 is 1.19 bits per heavy atom. The van der Waals surface area contributed by atoms with E-state index in [1.165, 1.54) is 20.3 Å². The number of carbonyl (C=O) groups is 1. The predicted molar refractivity (Wildman–Crippen MR) is 104 cm³/mol. The second-order valence-electron chi connectivity index (χ2n) is 5.68. The van der Waals surface area contributed by atoms with Gasteiger partial charge in [-0.2, -0.15) is 5.26 Å². The first-order valence-corrected chi connectivity index (χ1v) is 8.41. The Labute approximate surface area is 159 Å². The van der Waals surface area contributed by atoms with E-state index in [9.17, 15) is 10.1 Å². The normalized spacial score (nSPS) is 10.7. The number of rotatable bonds is 7. The van der Waals surface area contributed by atoms with Gasteiger partial charge in [-0.15, -0.1) is 0 Å². The fraction of sp³-hybridized carbons (Fsp3) is 0.238. The summed E-state index contributed by atoms with van der Waals surface area (Å²) in [7, 11) is 3.03. The summed E-state index contributed by atoms with van der Waals surface area (Å²) in [6, 6.07) is 12.7. The molecule has 27 heavy (non-hydrogen) atoms. The standard InChI is InChI=1S/C21H22N2O4/c1-5-27-20-18(25-3)11-15(12-19(20)26-4)10-16(13-22)21(24)23-17-8-6-7-14(2)9-17/h6-12H,5H2,1-4H3,(H,23,24)/b16-10-. The first kappa shape index (κ1) is 19.9. The molecule has 0 radical (unpaired) electrons. The first-order chi connectivity index (χ1) is 13.0. The Morgan fingerprint density at radius 3 is 2.37 bits per heavy atom. The van der Waals surface area contributed by atoms with Crippen LogP contribution in [-0.2, 0) is 4.79 Å². The van der Waals surface area contributed by atoms with Gasteiger partial charge in [0.2, 0.25) is 5.75 Å². The number of hydrogen-bond donors (Lipinski definition) is 1. The molecule has 0 heterocycles. The van der Waals surface area contributed by atoms with Crippen LogP contribution in [0.2, 0.25) is 0 Å². The Balaban J connectivity index is 2.36. The van der Waals surface area contributed by atoms with Gasteiger partial charge >= 0.3 is 0 Å². The molecule has 140 valence electrons. The SMILES string of the molecule is CCOc1c(OC)cc(/C=C(/C#N)C(=O)Nc2cccc(C)c2)cc1OC. The monoisotopic (exact) mass is 366 g/mol. The van der Waals surface area contributed by atoms with E-state index in [4.69, 9.17) is 14.2 Å². The number of benzene rings is 2. The summed E-state index contributed by atoms with van der Waals surface area (Å²) in [6.45, 7) is 4.23. The minimum absolute atomic E-state index is 0.0372. The summed E-state index contributed by atoms with van der Waals surface area (Å²) in [5, 5.41) is 12.1. The average Bonchev–Trinajstić information content (AvgIpc) is 2.66. The number of nitriles is 1. The van der Waals surface area contributed by atoms with Crippen LogP contribution in [0.1, 0.15) is 18.1 Å². The lowest BCUT2D eigenvalue weighted by atomic mass is 10.1. The zero-order valence-electron chi connectivity index (χ0n) is 15.8. The molecule has 0 aromatic heterocycles. The van der Waals surface area contributed by atoms with Crippen LogP contribution in [0.25, 0.3) is 6.08 Å². The fourth-order valence-corrected chi connectivity index (χ4v) is 2.51. The third-order valence-electron chi connectivity index (χ3n) is 3.72. The number of methoxy groups -OCH3 is 2. The lowest BCUT2D eigenvalue weighted by Gasteiger charge is -2.14. The van der Waals surface area contributed by atoms with Crippen LogP contribution >= 0.6 is 0 Å². The molecule has 0 unspecified atom stereocenters. The number of carbonyl (C=O) groups excluding carboxylic acids is 1. The van der Waals surface area contributed by atoms with Crippen LogP contribution in [0.15, 0.2) is 42.0 Å². The molecule has 0 spiro atoms. The number of nitrogens with one attached hydrogen (secondary N) is 1. The Hall–Kier alpha value is -3.46. The third-order valence-corrected chi connectivity index (χ3v) is 3.72. The second-order valence-corrected chi connectivity index (χ2v) is 5.68. The number of nitrogens with zero attached hydrogens (tertiary/aromatic N) is 1. The zero-order valence-corrected chi connectivity index (χ0v) is 15.8. The molecule has 0 fully saturated rings. The third kappa shape index (κ3) is 5.02. The molecule has 0 aliphatic carbocycles. The molecular weight excluding hydrogens is 344 g/mol. The van der Waals surface area contributed by atoms with Gasteiger partial charge in [0, 0.05) is 5.69 Å². The predicted octanol–water partition coefficient (Wildman–Crippen LogP) is 3.96. The summed E-state index contributed by atoms with van der Waals surface area (Å²) in [5.41, 5.74) is 2.19. The van der Waals surface area contributed by atoms with Gasteiger partial charge in [-0.25, -0.2) is 0 Å². The topological polar surface area (TPSA) is 80.6 Å². The van der Waals surface area contributed by atoms with Crippen LogP contribution in [0.4, 0.5) is 5.69 Å². The van der Waals surface area contributed by atoms with Crippen molar-refractivity contribution in [3.8, 4) is 23.3 Å². The maximum Gasteiger partial charge on any atom is 0.266 e. The summed E-state index contributed by atoms with van der Waals surface area (Å²) >= 11 is 0. The lowest BCUT2D eigenvalue weighted by Crippen LogP contribution is -2.13. The zero-order chi connectivity index (χ0) is 19.8. The summed E-state index contributed by atoms with van der Waals surface area (Å²) in [4.78, 5) is 12.4. The number of anilines is 1. The highest BCUT2D eigenvalue weighted by Crippen LogP contribution is 2.39. The van der Waals surface area contributed by atoms with E-state index >= 15 is 0 Å². The average molecular weight is 366 g/mol. The van der Waals surface area contributed by atoms with Gasteiger partial charge < -0.3 is 19.5 Å². The second kappa shape index (κ2) is 9.30. The molecule has 0 bridgehead atoms. The fourth-order valence-electron chi connectivity index (χ4n) is 2.51. The minimum Gasteiger partial charge on any atom is -0.493 e. The molecule has 2 rings (SSSR count). The molecule has 0 atom stereocenters. The minimum atomic E-state index is -0.491. The molecular formula is C21H22N2O4. The highest BCUT2D eigenvalue weighted by atomic mass is 16.5. The summed E-state index contributed by atoms with van der Waals surface area (Å²) in [6.07, 6.45) is 1.48. The number of hydrogen-bond acceptors (Lipinski definition) is 5. The van der Waals surface area contributed by atoms with Crippen LogP contribution in [0.5, 0.6) is 17.2 Å². The quantitative estimate of drug-likeness (QED) is 0.593. The van der Waals surface area contributed by atoms with Gasteiger partial charge in [0.1, 0.15) is 11.6 Å². The maximum atomic E-state index is 12.4. The first-order valence-electron chi connectivity index (χ1n) is 8.41. The van der Waals surface area contributed by atoms with E-state index in [0.717, 1.165) is 5.56 Å². The molecule has 6 heteroatoms. The van der Waals surface area contributed by atoms with Crippen molar-refractivity contribution in [2.24, 2.45) is 0 Å². The van der Waals surface area contributed by atoms with Crippen molar-refractivity contribution in [2.75, 3.05) is 26.1 Å². The van der Waals surface area contributed by atoms with E-state index in [-0.39, 0.29) is 5.57 Å². The van der Waals surface area contributed by atoms with Gasteiger partial charge in [-0.05, 0) is 55.3 Å². The Bertz CT molecular complexity index is 872. The number of aryl methyl sites for hydroxylation is 1. The van der Waals surface area contributed by atoms with Crippen molar-refractivity contribution in [3.05, 3.63) is 53.1 Å². The maximum absolute atomic E-state index is 12.4. The van der Waals surface area contributed by atoms with E-state index in [1.807, 2.05) is 38.1 Å². The van der Waals surface area contributed by atoms with Crippen LogP contribution in [-0.4, -0.2) is 26.7 Å². The molecule has 2 aromatic carbocycles. The van der Waals surface area contributed by atoms with Crippen LogP contribution < -0.4 is 19.5 Å². The van der Waals surface area contributed by atoms with Gasteiger partial charge in [-0.1, -0.05) is 12.1 Å². The van der Waals surface area contributed by atoms with E-state index in [1.54, 1.807) is 18.2 Å². The largest absolute Gasteiger partial charge is 0.493 e. The molecule has 0 saturated carbocycles. The molecule has 6 nitrogen and oxygen atoms in total. The molecule has 1 N–H and O–H groups in total. The molecule has 0 aliphatic rings. The van der Waals surface area contributed by atoms with E-state index in [0.29, 0.717) is 35.1 Å². The van der Waals surface area contributed by atoms with Gasteiger partial charge in [-0.3, -0.25) is 4.79 Å². The number of amides is 1. The highest BCUT2D eigenvalue weighted by molar-refractivity contribution is 6.09. The molecule has 2 aromatic rings. The van der Waals surface area contributed by atoms with Gasteiger partial charge in [0.15, 0.2) is 11.5 Å². The molecule has 0 saturated heterocycles. The van der Waals surface area contributed by atoms with Crippen LogP contribution in [0.3, 0.4) is 0 Å². The molecule has 0 aliphatic heterocycles. The van der Waals surface area contributed by atoms with Crippen LogP contribution in [0, 0.1) is 18.3 Å². The summed E-state index contributed by atoms with van der Waals surface area (Å²) < 4.78 is 16.3. The van der Waals surface area contributed by atoms with Gasteiger partial charge in [0.05, 0.1) is 20.8 Å². The van der Waals surface area contributed by atoms with Crippen molar-refractivity contribution in [1.29, 1.82) is 5.26 Å². The van der Waals surface area contributed by atoms with E-state index < -0.39 is 5.91 Å². The van der Waals surface area contributed by atoms with Gasteiger partial charge in [0.25, 0.3) is 5.91 Å². The van der Waals surface area contributed by atoms with Crippen molar-refractivity contribution in [3.63, 3.8) is 0 Å². The Morgan fingerprint density at radius 2 is 1.85 bits per heavy atom. The smallest absolute Gasteiger partial charge is 0.266 e. The van der Waals surface area contributed by atoms with Crippen molar-refractivity contribution >= 4 is 17.7 Å². The van der Waals surface area contributed by atoms with Crippen molar-refractivity contribution < 1.29 is 19.0 Å². The molecule has 1 amide bonds. The van der Waals surface area contributed by atoms with Crippen molar-refractivity contribution in [1.82, 2.24) is 0 Å². The lowest BCUT2D eigenvalue weighted by molar-refractivity contribution is -0.112. The van der Waals surface area contributed by atoms with Crippen molar-refractivity contribution in [2.45, 2.75) is 13.8 Å². The number of ether oxygens (including phenoxy) is 3. The Kier molecular flexibility index (Phi) is 6.84. The highest BCUT2D eigenvalue weighted by Gasteiger charge is 2.15.